The van der Waals surface area contributed by atoms with Crippen LogP contribution < -0.4 is 29.6 Å². The zero-order valence-corrected chi connectivity index (χ0v) is 17.5. The summed E-state index contributed by atoms with van der Waals surface area (Å²) in [6, 6.07) is 0. The van der Waals surface area contributed by atoms with Gasteiger partial charge >= 0.3 is 29.6 Å². The molecule has 0 aromatic rings. The molecule has 6 heteroatoms. The van der Waals surface area contributed by atoms with Gasteiger partial charge in [0.1, 0.15) is 0 Å². The van der Waals surface area contributed by atoms with Crippen LogP contribution in [0.1, 0.15) is 90.9 Å². The van der Waals surface area contributed by atoms with E-state index in [0.717, 1.165) is 64.2 Å². The molecule has 1 N–H and O–H groups in total. The molecule has 0 rings (SSSR count). The van der Waals surface area contributed by atoms with Crippen LogP contribution in [-0.2, 0) is 10.1 Å². The van der Waals surface area contributed by atoms with Gasteiger partial charge in [-0.05, 0) is 26.2 Å². The number of unbranched alkanes of at least 4 members (excludes halogenated alkanes) is 7. The Balaban J connectivity index is 0. The molecule has 0 aromatic heterocycles. The number of aliphatic hydroxyl groups is 1. The molecule has 4 nitrogen and oxygen atoms in total. The van der Waals surface area contributed by atoms with Crippen LogP contribution in [0.25, 0.3) is 0 Å². The fourth-order valence-electron chi connectivity index (χ4n) is 2.57. The van der Waals surface area contributed by atoms with Crippen LogP contribution in [-0.4, -0.2) is 29.4 Å². The molecule has 0 saturated heterocycles. The van der Waals surface area contributed by atoms with E-state index in [9.17, 15) is 13.0 Å². The Labute approximate surface area is 159 Å². The van der Waals surface area contributed by atoms with Crippen LogP contribution in [0, 0.1) is 0 Å². The molecular formula is C16H33NaO4S. The second-order valence-corrected chi connectivity index (χ2v) is 7.81. The second-order valence-electron chi connectivity index (χ2n) is 6.16. The summed E-state index contributed by atoms with van der Waals surface area (Å²) in [7, 11) is -4.14. The van der Waals surface area contributed by atoms with Gasteiger partial charge in [0, 0.05) is 5.25 Å². The van der Waals surface area contributed by atoms with E-state index in [1.807, 2.05) is 0 Å². The standard InChI is InChI=1S/C16H34O4S.Na/c1-3-4-5-10-13-16(21(18,19)20)14-11-8-6-7-9-12-15(2)17;/h15-17H,3-14H2,1-2H3,(H,18,19,20);/q;+1/p-1. The second kappa shape index (κ2) is 15.4. The maximum Gasteiger partial charge on any atom is 1.00 e. The smallest absolute Gasteiger partial charge is 0.748 e. The van der Waals surface area contributed by atoms with Gasteiger partial charge in [-0.25, -0.2) is 8.42 Å². The molecule has 0 heterocycles. The average Bonchev–Trinajstić information content (AvgIpc) is 2.38. The van der Waals surface area contributed by atoms with E-state index < -0.39 is 15.4 Å². The van der Waals surface area contributed by atoms with E-state index in [1.54, 1.807) is 6.92 Å². The Morgan fingerprint density at radius 1 is 0.864 bits per heavy atom. The van der Waals surface area contributed by atoms with Crippen molar-refractivity contribution < 1.29 is 47.6 Å². The molecule has 0 saturated carbocycles. The summed E-state index contributed by atoms with van der Waals surface area (Å²) in [5.74, 6) is 0. The van der Waals surface area contributed by atoms with E-state index in [0.29, 0.717) is 12.8 Å². The fourth-order valence-corrected chi connectivity index (χ4v) is 3.48. The normalized spacial score (nSPS) is 14.4. The van der Waals surface area contributed by atoms with Gasteiger partial charge in [-0.1, -0.05) is 64.7 Å². The van der Waals surface area contributed by atoms with Gasteiger partial charge in [0.25, 0.3) is 0 Å². The fraction of sp³-hybridized carbons (Fsp3) is 1.00. The monoisotopic (exact) mass is 344 g/mol. The van der Waals surface area contributed by atoms with Crippen LogP contribution in [0.15, 0.2) is 0 Å². The molecule has 0 bridgehead atoms. The largest absolute Gasteiger partial charge is 1.00 e. The minimum absolute atomic E-state index is 0. The molecule has 2 unspecified atom stereocenters. The molecule has 0 aromatic carbocycles. The first-order valence-corrected chi connectivity index (χ1v) is 9.97. The third-order valence-electron chi connectivity index (χ3n) is 3.94. The third kappa shape index (κ3) is 15.8. The topological polar surface area (TPSA) is 77.4 Å². The Bertz CT molecular complexity index is 331. The molecule has 0 aliphatic heterocycles. The predicted molar refractivity (Wildman–Crippen MR) is 86.2 cm³/mol. The van der Waals surface area contributed by atoms with Gasteiger partial charge in [0.15, 0.2) is 0 Å². The Morgan fingerprint density at radius 3 is 1.68 bits per heavy atom. The maximum absolute atomic E-state index is 11.3. The van der Waals surface area contributed by atoms with Crippen molar-refractivity contribution in [2.75, 3.05) is 0 Å². The van der Waals surface area contributed by atoms with Crippen LogP contribution in [0.2, 0.25) is 0 Å². The van der Waals surface area contributed by atoms with Crippen LogP contribution in [0.3, 0.4) is 0 Å². The molecule has 22 heavy (non-hydrogen) atoms. The summed E-state index contributed by atoms with van der Waals surface area (Å²) >= 11 is 0. The van der Waals surface area contributed by atoms with Gasteiger partial charge in [-0.15, -0.1) is 0 Å². The van der Waals surface area contributed by atoms with Gasteiger partial charge in [-0.3, -0.25) is 0 Å². The van der Waals surface area contributed by atoms with Crippen LogP contribution in [0.4, 0.5) is 0 Å². The van der Waals surface area contributed by atoms with E-state index in [-0.39, 0.29) is 35.7 Å². The third-order valence-corrected chi connectivity index (χ3v) is 5.22. The van der Waals surface area contributed by atoms with Gasteiger partial charge < -0.3 is 9.66 Å². The van der Waals surface area contributed by atoms with Crippen molar-refractivity contribution in [1.29, 1.82) is 0 Å². The number of rotatable bonds is 14. The summed E-state index contributed by atoms with van der Waals surface area (Å²) in [4.78, 5) is 0. The molecule has 0 aliphatic rings. The first-order chi connectivity index (χ1) is 9.88. The zero-order chi connectivity index (χ0) is 16.1. The molecule has 0 aliphatic carbocycles. The summed E-state index contributed by atoms with van der Waals surface area (Å²) in [5.41, 5.74) is 0. The van der Waals surface area contributed by atoms with Crippen molar-refractivity contribution in [1.82, 2.24) is 0 Å². The molecule has 0 spiro atoms. The Hall–Kier alpha value is 0.870. The zero-order valence-electron chi connectivity index (χ0n) is 14.7. The van der Waals surface area contributed by atoms with E-state index in [4.69, 9.17) is 5.11 Å². The van der Waals surface area contributed by atoms with E-state index in [1.165, 1.54) is 0 Å². The van der Waals surface area contributed by atoms with Crippen molar-refractivity contribution in [2.24, 2.45) is 0 Å². The van der Waals surface area contributed by atoms with Crippen molar-refractivity contribution >= 4 is 10.1 Å². The Morgan fingerprint density at radius 2 is 1.27 bits per heavy atom. The Kier molecular flexibility index (Phi) is 17.6. The number of aliphatic hydroxyl groups excluding tert-OH is 1. The molecule has 128 valence electrons. The predicted octanol–water partition coefficient (Wildman–Crippen LogP) is 0.986. The number of hydrogen-bond acceptors (Lipinski definition) is 4. The van der Waals surface area contributed by atoms with Crippen molar-refractivity contribution in [3.63, 3.8) is 0 Å². The maximum atomic E-state index is 11.3. The summed E-state index contributed by atoms with van der Waals surface area (Å²) < 4.78 is 33.8. The SMILES string of the molecule is CCCCCCC(CCCCCCCC(C)O)S(=O)(=O)[O-].[Na+]. The van der Waals surface area contributed by atoms with Crippen LogP contribution >= 0.6 is 0 Å². The van der Waals surface area contributed by atoms with Gasteiger partial charge in [-0.2, -0.15) is 0 Å². The minimum atomic E-state index is -4.14. The summed E-state index contributed by atoms with van der Waals surface area (Å²) in [6.45, 7) is 3.90. The van der Waals surface area contributed by atoms with Crippen molar-refractivity contribution in [3.8, 4) is 0 Å². The van der Waals surface area contributed by atoms with Gasteiger partial charge in [0.2, 0.25) is 0 Å². The van der Waals surface area contributed by atoms with Gasteiger partial charge in [0.05, 0.1) is 16.2 Å². The number of hydrogen-bond donors (Lipinski definition) is 1. The van der Waals surface area contributed by atoms with Crippen molar-refractivity contribution in [3.05, 3.63) is 0 Å². The molecule has 0 fully saturated rings. The van der Waals surface area contributed by atoms with Crippen molar-refractivity contribution in [2.45, 2.75) is 102 Å². The molecule has 0 radical (unpaired) electrons. The summed E-state index contributed by atoms with van der Waals surface area (Å²) in [6.07, 6.45) is 10.6. The molecular weight excluding hydrogens is 311 g/mol. The average molecular weight is 344 g/mol. The van der Waals surface area contributed by atoms with E-state index in [2.05, 4.69) is 6.92 Å². The van der Waals surface area contributed by atoms with E-state index >= 15 is 0 Å². The molecule has 0 amide bonds. The quantitative estimate of drug-likeness (QED) is 0.290. The first-order valence-electron chi connectivity index (χ1n) is 8.50. The van der Waals surface area contributed by atoms with Crippen LogP contribution in [0.5, 0.6) is 0 Å². The minimum Gasteiger partial charge on any atom is -0.748 e. The first kappa shape index (κ1) is 25.1. The molecule has 2 atom stereocenters. The summed E-state index contributed by atoms with van der Waals surface area (Å²) in [5, 5.41) is 8.45.